The van der Waals surface area contributed by atoms with E-state index in [1.54, 1.807) is 12.1 Å². The molecular formula is C13H19FN2O2S. The van der Waals surface area contributed by atoms with Crippen LogP contribution in [-0.4, -0.2) is 33.8 Å². The standard InChI is InChI=1S/C13H19FN2O2S/c1-16(13-6-3-2-5-12(13)14)19(17,18)10-4-9-15-11-7-8-11/h2-3,5-6,11,15H,4,7-10H2,1H3. The Morgan fingerprint density at radius 2 is 2.05 bits per heavy atom. The van der Waals surface area contributed by atoms with Crippen molar-refractivity contribution in [1.29, 1.82) is 0 Å². The van der Waals surface area contributed by atoms with Gasteiger partial charge < -0.3 is 5.32 Å². The fraction of sp³-hybridized carbons (Fsp3) is 0.538. The molecule has 1 N–H and O–H groups in total. The molecule has 0 aliphatic heterocycles. The first-order valence-corrected chi connectivity index (χ1v) is 8.06. The van der Waals surface area contributed by atoms with Gasteiger partial charge in [-0.15, -0.1) is 0 Å². The average Bonchev–Trinajstić information content (AvgIpc) is 3.18. The zero-order chi connectivity index (χ0) is 13.9. The van der Waals surface area contributed by atoms with Crippen molar-refractivity contribution in [2.24, 2.45) is 0 Å². The van der Waals surface area contributed by atoms with Crippen LogP contribution in [0.1, 0.15) is 19.3 Å². The third kappa shape index (κ3) is 3.91. The topological polar surface area (TPSA) is 49.4 Å². The fourth-order valence-electron chi connectivity index (χ4n) is 1.84. The van der Waals surface area contributed by atoms with Crippen LogP contribution in [0.2, 0.25) is 0 Å². The highest BCUT2D eigenvalue weighted by molar-refractivity contribution is 7.92. The molecule has 0 amide bonds. The van der Waals surface area contributed by atoms with Crippen LogP contribution >= 0.6 is 0 Å². The number of halogens is 1. The SMILES string of the molecule is CN(c1ccccc1F)S(=O)(=O)CCCNC1CC1. The maximum atomic E-state index is 13.6. The van der Waals surface area contributed by atoms with E-state index in [2.05, 4.69) is 5.32 Å². The van der Waals surface area contributed by atoms with E-state index in [0.29, 0.717) is 19.0 Å². The van der Waals surface area contributed by atoms with Gasteiger partial charge in [0.1, 0.15) is 5.82 Å². The molecular weight excluding hydrogens is 267 g/mol. The van der Waals surface area contributed by atoms with Crippen molar-refractivity contribution in [3.8, 4) is 0 Å². The number of hydrogen-bond donors (Lipinski definition) is 1. The van der Waals surface area contributed by atoms with Crippen LogP contribution < -0.4 is 9.62 Å². The Balaban J connectivity index is 1.92. The second-order valence-electron chi connectivity index (χ2n) is 4.82. The highest BCUT2D eigenvalue weighted by atomic mass is 32.2. The van der Waals surface area contributed by atoms with Gasteiger partial charge in [0.15, 0.2) is 0 Å². The van der Waals surface area contributed by atoms with E-state index in [1.165, 1.54) is 32.0 Å². The molecule has 1 aromatic rings. The maximum Gasteiger partial charge on any atom is 0.235 e. The molecule has 1 aromatic carbocycles. The molecule has 1 fully saturated rings. The van der Waals surface area contributed by atoms with Gasteiger partial charge in [0.2, 0.25) is 10.0 Å². The van der Waals surface area contributed by atoms with Crippen LogP contribution in [0.3, 0.4) is 0 Å². The summed E-state index contributed by atoms with van der Waals surface area (Å²) in [4.78, 5) is 0. The third-order valence-electron chi connectivity index (χ3n) is 3.20. The van der Waals surface area contributed by atoms with E-state index in [4.69, 9.17) is 0 Å². The Kier molecular flexibility index (Phi) is 4.42. The first-order chi connectivity index (χ1) is 9.00. The summed E-state index contributed by atoms with van der Waals surface area (Å²) in [6.07, 6.45) is 2.90. The predicted molar refractivity (Wildman–Crippen MR) is 74.2 cm³/mol. The lowest BCUT2D eigenvalue weighted by Crippen LogP contribution is -2.31. The zero-order valence-electron chi connectivity index (χ0n) is 11.0. The van der Waals surface area contributed by atoms with E-state index in [0.717, 1.165) is 4.31 Å². The van der Waals surface area contributed by atoms with Crippen molar-refractivity contribution in [1.82, 2.24) is 5.32 Å². The van der Waals surface area contributed by atoms with Gasteiger partial charge >= 0.3 is 0 Å². The normalized spacial score (nSPS) is 15.5. The Hall–Kier alpha value is -1.14. The molecule has 0 radical (unpaired) electrons. The molecule has 0 spiro atoms. The van der Waals surface area contributed by atoms with Gasteiger partial charge in [-0.25, -0.2) is 12.8 Å². The third-order valence-corrected chi connectivity index (χ3v) is 5.03. The van der Waals surface area contributed by atoms with Crippen LogP contribution in [0.25, 0.3) is 0 Å². The molecule has 0 aromatic heterocycles. The summed E-state index contributed by atoms with van der Waals surface area (Å²) in [6.45, 7) is 0.689. The van der Waals surface area contributed by atoms with Gasteiger partial charge in [-0.1, -0.05) is 12.1 Å². The second kappa shape index (κ2) is 5.88. The minimum absolute atomic E-state index is 0.0254. The molecule has 2 rings (SSSR count). The van der Waals surface area contributed by atoms with Crippen LogP contribution in [0, 0.1) is 5.82 Å². The summed E-state index contributed by atoms with van der Waals surface area (Å²) in [5, 5.41) is 3.26. The highest BCUT2D eigenvalue weighted by Gasteiger charge is 2.22. The molecule has 0 atom stereocenters. The number of anilines is 1. The van der Waals surface area contributed by atoms with Crippen molar-refractivity contribution >= 4 is 15.7 Å². The summed E-state index contributed by atoms with van der Waals surface area (Å²) in [7, 11) is -2.07. The highest BCUT2D eigenvalue weighted by Crippen LogP contribution is 2.21. The molecule has 1 aliphatic carbocycles. The number of nitrogens with one attached hydrogen (secondary N) is 1. The van der Waals surface area contributed by atoms with E-state index >= 15 is 0 Å². The minimum atomic E-state index is -3.46. The number of para-hydroxylation sites is 1. The molecule has 1 aliphatic rings. The lowest BCUT2D eigenvalue weighted by molar-refractivity contribution is 0.583. The molecule has 19 heavy (non-hydrogen) atoms. The van der Waals surface area contributed by atoms with Crippen LogP contribution in [0.4, 0.5) is 10.1 Å². The van der Waals surface area contributed by atoms with Gasteiger partial charge in [0, 0.05) is 13.1 Å². The first-order valence-electron chi connectivity index (χ1n) is 6.45. The average molecular weight is 286 g/mol. The van der Waals surface area contributed by atoms with Crippen molar-refractivity contribution in [2.45, 2.75) is 25.3 Å². The monoisotopic (exact) mass is 286 g/mol. The van der Waals surface area contributed by atoms with Crippen molar-refractivity contribution in [3.05, 3.63) is 30.1 Å². The lowest BCUT2D eigenvalue weighted by atomic mass is 10.3. The summed E-state index contributed by atoms with van der Waals surface area (Å²) < 4.78 is 38.7. The molecule has 0 saturated heterocycles. The zero-order valence-corrected chi connectivity index (χ0v) is 11.8. The first kappa shape index (κ1) is 14.3. The Morgan fingerprint density at radius 3 is 2.68 bits per heavy atom. The largest absolute Gasteiger partial charge is 0.314 e. The fourth-order valence-corrected chi connectivity index (χ4v) is 3.07. The van der Waals surface area contributed by atoms with Crippen LogP contribution in [-0.2, 0) is 10.0 Å². The van der Waals surface area contributed by atoms with Crippen molar-refractivity contribution < 1.29 is 12.8 Å². The molecule has 0 heterocycles. The molecule has 106 valence electrons. The lowest BCUT2D eigenvalue weighted by Gasteiger charge is -2.19. The Labute approximate surface area is 113 Å². The van der Waals surface area contributed by atoms with E-state index < -0.39 is 15.8 Å². The minimum Gasteiger partial charge on any atom is -0.314 e. The predicted octanol–water partition coefficient (Wildman–Crippen LogP) is 1.73. The molecule has 1 saturated carbocycles. The number of sulfonamides is 1. The van der Waals surface area contributed by atoms with Crippen LogP contribution in [0.15, 0.2) is 24.3 Å². The smallest absolute Gasteiger partial charge is 0.235 e. The summed E-state index contributed by atoms with van der Waals surface area (Å²) in [6, 6.07) is 6.47. The number of rotatable bonds is 7. The van der Waals surface area contributed by atoms with E-state index in [1.807, 2.05) is 0 Å². The molecule has 4 nitrogen and oxygen atoms in total. The van der Waals surface area contributed by atoms with E-state index in [-0.39, 0.29) is 11.4 Å². The summed E-state index contributed by atoms with van der Waals surface area (Å²) in [5.41, 5.74) is 0.0950. The van der Waals surface area contributed by atoms with Gasteiger partial charge in [-0.05, 0) is 37.9 Å². The van der Waals surface area contributed by atoms with Crippen molar-refractivity contribution in [3.63, 3.8) is 0 Å². The number of benzene rings is 1. The molecule has 6 heteroatoms. The second-order valence-corrected chi connectivity index (χ2v) is 6.94. The Morgan fingerprint density at radius 1 is 1.37 bits per heavy atom. The number of hydrogen-bond acceptors (Lipinski definition) is 3. The number of nitrogens with zero attached hydrogens (tertiary/aromatic N) is 1. The maximum absolute atomic E-state index is 13.6. The van der Waals surface area contributed by atoms with E-state index in [9.17, 15) is 12.8 Å². The van der Waals surface area contributed by atoms with Gasteiger partial charge in [0.25, 0.3) is 0 Å². The summed E-state index contributed by atoms with van der Waals surface area (Å²) in [5.74, 6) is -0.498. The quantitative estimate of drug-likeness (QED) is 0.777. The van der Waals surface area contributed by atoms with Gasteiger partial charge in [-0.2, -0.15) is 0 Å². The molecule has 0 bridgehead atoms. The van der Waals surface area contributed by atoms with Crippen molar-refractivity contribution in [2.75, 3.05) is 23.7 Å². The Bertz CT molecular complexity index is 529. The molecule has 0 unspecified atom stereocenters. The van der Waals surface area contributed by atoms with Crippen LogP contribution in [0.5, 0.6) is 0 Å². The van der Waals surface area contributed by atoms with Gasteiger partial charge in [0.05, 0.1) is 11.4 Å². The summed E-state index contributed by atoms with van der Waals surface area (Å²) >= 11 is 0. The van der Waals surface area contributed by atoms with Gasteiger partial charge in [-0.3, -0.25) is 4.31 Å².